The van der Waals surface area contributed by atoms with Crippen molar-refractivity contribution in [2.24, 2.45) is 0 Å². The van der Waals surface area contributed by atoms with Crippen LogP contribution in [0.2, 0.25) is 13.1 Å². The summed E-state index contributed by atoms with van der Waals surface area (Å²) in [6, 6.07) is 0. The van der Waals surface area contributed by atoms with Crippen molar-refractivity contribution >= 4 is 26.8 Å². The van der Waals surface area contributed by atoms with Gasteiger partial charge in [-0.3, -0.25) is 0 Å². The molecule has 0 unspecified atom stereocenters. The Bertz CT molecular complexity index is 189. The third-order valence-corrected chi connectivity index (χ3v) is 4.96. The maximum atomic E-state index is 4.92. The molecule has 5 heteroatoms. The Morgan fingerprint density at radius 1 is 1.12 bits per heavy atom. The molecule has 1 aliphatic carbocycles. The summed E-state index contributed by atoms with van der Waals surface area (Å²) in [5, 5.41) is 0. The van der Waals surface area contributed by atoms with E-state index in [0.717, 1.165) is 0 Å². The summed E-state index contributed by atoms with van der Waals surface area (Å²) in [6.07, 6.45) is 8.59. The van der Waals surface area contributed by atoms with E-state index >= 15 is 0 Å². The molecule has 0 aromatic rings. The predicted octanol–water partition coefficient (Wildman–Crippen LogP) is 4.68. The standard InChI is InChI=1S/C11H19NSi.2ClH.Ti/c1-11(2,3)12-13(4,5)10-8-6-7-9-10;;;/h6-9H,1-5H3;2*1H;/q-1;;;+2/p-2. The summed E-state index contributed by atoms with van der Waals surface area (Å²) >= 11 is -0.556. The van der Waals surface area contributed by atoms with Crippen molar-refractivity contribution in [2.75, 3.05) is 0 Å². The van der Waals surface area contributed by atoms with Crippen LogP contribution in [0.4, 0.5) is 0 Å². The van der Waals surface area contributed by atoms with Crippen LogP contribution in [0.3, 0.4) is 0 Å². The fourth-order valence-corrected chi connectivity index (χ4v) is 4.50. The van der Waals surface area contributed by atoms with E-state index in [9.17, 15) is 0 Å². The van der Waals surface area contributed by atoms with Crippen LogP contribution in [0, 0.1) is 31.2 Å². The van der Waals surface area contributed by atoms with Crippen LogP contribution in [-0.2, 0) is 17.0 Å². The molecule has 0 heterocycles. The van der Waals surface area contributed by atoms with E-state index in [1.165, 1.54) is 5.54 Å². The molecule has 1 fully saturated rings. The van der Waals surface area contributed by atoms with Crippen LogP contribution in [0.25, 0.3) is 4.98 Å². The molecule has 1 saturated carbocycles. The van der Waals surface area contributed by atoms with Crippen LogP contribution in [-0.4, -0.2) is 13.8 Å². The second kappa shape index (κ2) is 7.81. The van der Waals surface area contributed by atoms with Gasteiger partial charge in [0.25, 0.3) is 0 Å². The van der Waals surface area contributed by atoms with Crippen LogP contribution in [0.15, 0.2) is 0 Å². The quantitative estimate of drug-likeness (QED) is 0.657. The van der Waals surface area contributed by atoms with Gasteiger partial charge in [-0.25, -0.2) is 0 Å². The van der Waals surface area contributed by atoms with E-state index in [1.54, 1.807) is 0 Å². The molecule has 0 saturated heterocycles. The number of rotatable bonds is 2. The molecule has 5 radical (unpaired) electrons. The average Bonchev–Trinajstić information content (AvgIpc) is 2.51. The van der Waals surface area contributed by atoms with Gasteiger partial charge in [0.1, 0.15) is 0 Å². The molecule has 0 aliphatic heterocycles. The Morgan fingerprint density at radius 3 is 1.81 bits per heavy atom. The first kappa shape index (κ1) is 17.5. The molecule has 0 amide bonds. The van der Waals surface area contributed by atoms with Crippen LogP contribution in [0.1, 0.15) is 20.8 Å². The normalized spacial score (nSPS) is 17.9. The Morgan fingerprint density at radius 2 is 1.50 bits per heavy atom. The van der Waals surface area contributed by atoms with E-state index in [1.807, 2.05) is 0 Å². The molecule has 0 atom stereocenters. The summed E-state index contributed by atoms with van der Waals surface area (Å²) in [4.78, 5) is 4.92. The van der Waals surface area contributed by atoms with Gasteiger partial charge in [-0.1, -0.05) is 42.1 Å². The second-order valence-electron chi connectivity index (χ2n) is 5.09. The minimum atomic E-state index is -1.54. The Kier molecular flexibility index (Phi) is 8.53. The molecule has 1 rings (SSSR count). The number of halogens is 2. The van der Waals surface area contributed by atoms with Gasteiger partial charge in [0.05, 0.1) is 0 Å². The minimum absolute atomic E-state index is 0.0903. The number of hydrogen-bond acceptors (Lipinski definition) is 0. The topological polar surface area (TPSA) is 14.1 Å². The fourth-order valence-electron chi connectivity index (χ4n) is 1.68. The predicted molar refractivity (Wildman–Crippen MR) is 72.7 cm³/mol. The molecule has 91 valence electrons. The van der Waals surface area contributed by atoms with Crippen LogP contribution >= 0.6 is 18.6 Å². The summed E-state index contributed by atoms with van der Waals surface area (Å²) in [5.74, 6) is 0. The van der Waals surface area contributed by atoms with Crippen molar-refractivity contribution in [1.29, 1.82) is 0 Å². The molecule has 0 aromatic carbocycles. The third kappa shape index (κ3) is 7.73. The molecule has 0 aromatic heterocycles. The number of nitrogens with zero attached hydrogens (tertiary/aromatic N) is 1. The first-order chi connectivity index (χ1) is 7.23. The number of hydrogen-bond donors (Lipinski definition) is 0. The summed E-state index contributed by atoms with van der Waals surface area (Å²) in [7, 11) is 8.24. The van der Waals surface area contributed by atoms with Crippen molar-refractivity contribution in [1.82, 2.24) is 0 Å². The average molecular weight is 312 g/mol. The van der Waals surface area contributed by atoms with Gasteiger partial charge in [-0.2, -0.15) is 0 Å². The van der Waals surface area contributed by atoms with Crippen molar-refractivity contribution in [3.63, 3.8) is 0 Å². The van der Waals surface area contributed by atoms with E-state index in [2.05, 4.69) is 59.5 Å². The zero-order valence-corrected chi connectivity index (χ0v) is 14.6. The van der Waals surface area contributed by atoms with E-state index in [4.69, 9.17) is 23.6 Å². The Labute approximate surface area is 119 Å². The van der Waals surface area contributed by atoms with Gasteiger partial charge in [0.2, 0.25) is 0 Å². The van der Waals surface area contributed by atoms with Crippen molar-refractivity contribution < 1.29 is 17.0 Å². The van der Waals surface area contributed by atoms with E-state index in [-0.39, 0.29) is 5.54 Å². The monoisotopic (exact) mass is 311 g/mol. The summed E-state index contributed by atoms with van der Waals surface area (Å²) < 4.78 is 0. The Balaban J connectivity index is 0.000000673. The van der Waals surface area contributed by atoms with Gasteiger partial charge in [-0.05, 0) is 31.2 Å². The first-order valence-corrected chi connectivity index (χ1v) is 12.4. The van der Waals surface area contributed by atoms with Gasteiger partial charge in [-0.15, -0.1) is 5.54 Å². The third-order valence-electron chi connectivity index (χ3n) is 1.98. The summed E-state index contributed by atoms with van der Waals surface area (Å²) in [5.41, 5.74) is 1.52. The molecule has 0 spiro atoms. The van der Waals surface area contributed by atoms with Crippen molar-refractivity contribution in [3.05, 3.63) is 36.2 Å². The molecule has 0 N–H and O–H groups in total. The van der Waals surface area contributed by atoms with Crippen molar-refractivity contribution in [3.8, 4) is 0 Å². The Hall–Kier alpha value is 1.47. The molecule has 1 nitrogen and oxygen atoms in total. The fraction of sp³-hybridized carbons (Fsp3) is 0.545. The second-order valence-corrected chi connectivity index (χ2v) is 11.6. The van der Waals surface area contributed by atoms with Crippen LogP contribution < -0.4 is 0 Å². The first-order valence-electron chi connectivity index (χ1n) is 5.15. The SMILES string of the molecule is CC(C)(C)[N-][Si](C)(C)[C]1[CH][CH][CH][CH]1.[Cl][Ti][Cl]. The van der Waals surface area contributed by atoms with E-state index < -0.39 is 25.3 Å². The van der Waals surface area contributed by atoms with Gasteiger partial charge in [0.15, 0.2) is 0 Å². The molecule has 16 heavy (non-hydrogen) atoms. The van der Waals surface area contributed by atoms with E-state index in [0.29, 0.717) is 0 Å². The van der Waals surface area contributed by atoms with Crippen molar-refractivity contribution in [2.45, 2.75) is 39.4 Å². The maximum absolute atomic E-state index is 4.92. The van der Waals surface area contributed by atoms with Crippen LogP contribution in [0.5, 0.6) is 0 Å². The zero-order valence-electron chi connectivity index (χ0n) is 10.5. The molecule has 1 aliphatic rings. The van der Waals surface area contributed by atoms with Gasteiger partial charge in [0, 0.05) is 0 Å². The molecule has 0 bridgehead atoms. The molecular weight excluding hydrogens is 293 g/mol. The zero-order chi connectivity index (χ0) is 12.8. The van der Waals surface area contributed by atoms with Gasteiger partial charge >= 0.3 is 35.6 Å². The summed E-state index contributed by atoms with van der Waals surface area (Å²) in [6.45, 7) is 11.1. The van der Waals surface area contributed by atoms with Gasteiger partial charge < -0.3 is 4.98 Å². The molecular formula is C11H19Cl2NSiTi-.